The second kappa shape index (κ2) is 17.5. The predicted octanol–water partition coefficient (Wildman–Crippen LogP) is 4.64. The van der Waals surface area contributed by atoms with Crippen LogP contribution >= 0.6 is 12.4 Å². The maximum Gasteiger partial charge on any atom is 0.431 e. The average Bonchev–Trinajstić information content (AvgIpc) is 3.02. The molecular weight excluding hydrogens is 651 g/mol. The Morgan fingerprint density at radius 1 is 1.02 bits per heavy atom. The van der Waals surface area contributed by atoms with E-state index in [4.69, 9.17) is 14.2 Å². The van der Waals surface area contributed by atoms with E-state index in [1.165, 1.54) is 13.0 Å². The van der Waals surface area contributed by atoms with Gasteiger partial charge in [-0.05, 0) is 50.9 Å². The van der Waals surface area contributed by atoms with E-state index < -0.39 is 52.0 Å². The molecule has 2 atom stereocenters. The first-order chi connectivity index (χ1) is 21.8. The lowest BCUT2D eigenvalue weighted by Gasteiger charge is -2.32. The number of carbonyl (C=O) groups excluding carboxylic acids is 2. The van der Waals surface area contributed by atoms with Crippen LogP contribution in [-0.4, -0.2) is 74.8 Å². The number of dihydropyridines is 1. The zero-order valence-electron chi connectivity index (χ0n) is 26.1. The molecule has 0 aromatic heterocycles. The molecule has 0 saturated carbocycles. The Morgan fingerprint density at radius 2 is 1.68 bits per heavy atom. The molecule has 1 aliphatic heterocycles. The van der Waals surface area contributed by atoms with E-state index in [1.54, 1.807) is 0 Å². The number of rotatable bonds is 15. The van der Waals surface area contributed by atoms with Gasteiger partial charge in [0.1, 0.15) is 29.9 Å². The summed E-state index contributed by atoms with van der Waals surface area (Å²) in [5.41, 5.74) is -2.90. The van der Waals surface area contributed by atoms with Crippen molar-refractivity contribution in [1.82, 2.24) is 10.6 Å². The molecule has 2 aromatic carbocycles. The van der Waals surface area contributed by atoms with Crippen molar-refractivity contribution >= 4 is 30.0 Å². The number of halogens is 4. The van der Waals surface area contributed by atoms with E-state index in [1.807, 2.05) is 31.2 Å². The molecule has 0 aliphatic carbocycles. The van der Waals surface area contributed by atoms with Crippen molar-refractivity contribution in [1.29, 1.82) is 0 Å². The van der Waals surface area contributed by atoms with Crippen LogP contribution in [0.3, 0.4) is 0 Å². The molecule has 47 heavy (non-hydrogen) atoms. The molecule has 3 N–H and O–H groups in total. The number of unbranched alkanes of at least 4 members (excludes halogenated alkanes) is 1. The molecule has 0 radical (unpaired) electrons. The molecule has 16 heteroatoms. The van der Waals surface area contributed by atoms with Crippen LogP contribution in [0.2, 0.25) is 0 Å². The number of hydrogen-bond acceptors (Lipinski definition) is 11. The first-order valence-corrected chi connectivity index (χ1v) is 14.2. The summed E-state index contributed by atoms with van der Waals surface area (Å²) in [5, 5.41) is 27.0. The molecule has 1 aliphatic rings. The summed E-state index contributed by atoms with van der Waals surface area (Å²) in [6, 6.07) is 10.7. The maximum absolute atomic E-state index is 14.2. The molecule has 12 nitrogen and oxygen atoms in total. The van der Waals surface area contributed by atoms with Gasteiger partial charge >= 0.3 is 18.1 Å². The summed E-state index contributed by atoms with van der Waals surface area (Å²) in [4.78, 5) is 36.6. The number of esters is 2. The Balaban J connectivity index is 0.00000768. The highest BCUT2D eigenvalue weighted by Crippen LogP contribution is 2.46. The van der Waals surface area contributed by atoms with Crippen LogP contribution in [0.1, 0.15) is 36.8 Å². The number of nitrogens with one attached hydrogen (secondary N) is 2. The fourth-order valence-electron chi connectivity index (χ4n) is 4.85. The summed E-state index contributed by atoms with van der Waals surface area (Å²) in [6.45, 7) is 3.98. The number of hydrogen-bond donors (Lipinski definition) is 3. The van der Waals surface area contributed by atoms with Gasteiger partial charge in [-0.25, -0.2) is 9.59 Å². The average molecular weight is 688 g/mol. The van der Waals surface area contributed by atoms with Crippen LogP contribution < -0.4 is 20.1 Å². The van der Waals surface area contributed by atoms with Gasteiger partial charge in [-0.2, -0.15) is 13.2 Å². The van der Waals surface area contributed by atoms with Crippen LogP contribution in [0.15, 0.2) is 65.0 Å². The highest BCUT2D eigenvalue weighted by molar-refractivity contribution is 6.00. The molecule has 0 saturated heterocycles. The molecule has 0 bridgehead atoms. The van der Waals surface area contributed by atoms with Crippen molar-refractivity contribution < 1.29 is 51.7 Å². The number of nitro groups is 1. The Labute approximate surface area is 275 Å². The summed E-state index contributed by atoms with van der Waals surface area (Å²) < 4.78 is 63.5. The maximum atomic E-state index is 14.2. The molecule has 1 unspecified atom stereocenters. The molecule has 258 valence electrons. The minimum Gasteiger partial charge on any atom is -0.493 e. The van der Waals surface area contributed by atoms with Gasteiger partial charge in [-0.3, -0.25) is 10.1 Å². The van der Waals surface area contributed by atoms with Crippen molar-refractivity contribution in [2.45, 2.75) is 44.9 Å². The summed E-state index contributed by atoms with van der Waals surface area (Å²) in [5.74, 6) is -3.65. The lowest BCUT2D eigenvalue weighted by molar-refractivity contribution is -0.384. The summed E-state index contributed by atoms with van der Waals surface area (Å²) >= 11 is 0. The molecule has 0 spiro atoms. The van der Waals surface area contributed by atoms with Crippen LogP contribution in [0.5, 0.6) is 11.5 Å². The van der Waals surface area contributed by atoms with Crippen molar-refractivity contribution in [3.63, 3.8) is 0 Å². The van der Waals surface area contributed by atoms with E-state index in [9.17, 15) is 38.0 Å². The van der Waals surface area contributed by atoms with Gasteiger partial charge in [-0.15, -0.1) is 12.4 Å². The Morgan fingerprint density at radius 3 is 2.30 bits per heavy atom. The fourth-order valence-corrected chi connectivity index (χ4v) is 4.85. The van der Waals surface area contributed by atoms with E-state index in [0.29, 0.717) is 25.1 Å². The van der Waals surface area contributed by atoms with Gasteiger partial charge in [0, 0.05) is 29.9 Å². The quantitative estimate of drug-likeness (QED) is 0.104. The van der Waals surface area contributed by atoms with E-state index >= 15 is 0 Å². The van der Waals surface area contributed by atoms with Gasteiger partial charge in [0.15, 0.2) is 0 Å². The van der Waals surface area contributed by atoms with Crippen LogP contribution in [0, 0.1) is 17.0 Å². The largest absolute Gasteiger partial charge is 0.493 e. The minimum absolute atomic E-state index is 0. The zero-order chi connectivity index (χ0) is 34.0. The fraction of sp³-hybridized carbons (Fsp3) is 0.419. The molecule has 2 aromatic rings. The lowest BCUT2D eigenvalue weighted by atomic mass is 9.79. The van der Waals surface area contributed by atoms with Crippen molar-refractivity contribution in [3.05, 3.63) is 86.2 Å². The normalized spacial score (nSPS) is 15.3. The number of aliphatic hydroxyl groups excluding tert-OH is 1. The van der Waals surface area contributed by atoms with Gasteiger partial charge in [0.2, 0.25) is 0 Å². The zero-order valence-corrected chi connectivity index (χ0v) is 27.0. The molecule has 0 fully saturated rings. The third kappa shape index (κ3) is 10.1. The number of ether oxygens (including phenoxy) is 4. The van der Waals surface area contributed by atoms with E-state index in [0.717, 1.165) is 31.9 Å². The highest BCUT2D eigenvalue weighted by Gasteiger charge is 2.48. The number of nitro benzene ring substituents is 1. The summed E-state index contributed by atoms with van der Waals surface area (Å²) in [7, 11) is 1.88. The summed E-state index contributed by atoms with van der Waals surface area (Å²) in [6.07, 6.45) is -4.83. The smallest absolute Gasteiger partial charge is 0.431 e. The second-order valence-electron chi connectivity index (χ2n) is 10.3. The Bertz CT molecular complexity index is 1500. The number of nitrogens with zero attached hydrogens (tertiary/aromatic N) is 1. The number of non-ortho nitro benzene ring substituents is 1. The Kier molecular flexibility index (Phi) is 14.5. The van der Waals surface area contributed by atoms with Gasteiger partial charge in [0.05, 0.1) is 42.8 Å². The lowest BCUT2D eigenvalue weighted by Crippen LogP contribution is -2.38. The standard InChI is InChI=1S/C31H36F3N3O9.ClH/c1-18-9-5-6-10-23(18)46-17-21(38)16-35-13-7-8-14-45-24-12-11-20(37(41)42)15-22(24)26-25(29(39)43-3)19(2)36-28(31(32,33)34)27(26)30(40)44-4;/h5-6,9-12,15,21,26,35-36,38H,7-8,13-14,16-17H2,1-4H3;1H/t21-,26?;/m0./s1. The number of para-hydroxylation sites is 1. The molecule has 1 heterocycles. The molecule has 0 amide bonds. The van der Waals surface area contributed by atoms with E-state index in [-0.39, 0.29) is 54.7 Å². The molecule has 3 rings (SSSR count). The van der Waals surface area contributed by atoms with Crippen LogP contribution in [0.25, 0.3) is 0 Å². The number of aryl methyl sites for hydroxylation is 1. The number of alkyl halides is 3. The number of benzene rings is 2. The predicted molar refractivity (Wildman–Crippen MR) is 166 cm³/mol. The van der Waals surface area contributed by atoms with Crippen molar-refractivity contribution in [2.24, 2.45) is 0 Å². The first-order valence-electron chi connectivity index (χ1n) is 14.2. The highest BCUT2D eigenvalue weighted by atomic mass is 35.5. The van der Waals surface area contributed by atoms with Gasteiger partial charge < -0.3 is 34.7 Å². The van der Waals surface area contributed by atoms with Crippen molar-refractivity contribution in [3.8, 4) is 11.5 Å². The third-order valence-corrected chi connectivity index (χ3v) is 7.08. The van der Waals surface area contributed by atoms with Crippen LogP contribution in [0.4, 0.5) is 18.9 Å². The second-order valence-corrected chi connectivity index (χ2v) is 10.3. The topological polar surface area (TPSA) is 158 Å². The van der Waals surface area contributed by atoms with Crippen molar-refractivity contribution in [2.75, 3.05) is 40.5 Å². The number of carbonyl (C=O) groups is 2. The first kappa shape index (κ1) is 38.8. The third-order valence-electron chi connectivity index (χ3n) is 7.08. The van der Waals surface area contributed by atoms with E-state index in [2.05, 4.69) is 15.4 Å². The van der Waals surface area contributed by atoms with Gasteiger partial charge in [0.25, 0.3) is 5.69 Å². The SMILES string of the molecule is COC(=O)C1=C(C)NC(C(F)(F)F)=C(C(=O)OC)C1c1cc([N+](=O)[O-])ccc1OCCCCNC[C@H](O)COc1ccccc1C.Cl. The number of methoxy groups -OCH3 is 2. The number of aliphatic hydroxyl groups is 1. The number of allylic oxidation sites excluding steroid dienone is 2. The monoisotopic (exact) mass is 687 g/mol. The van der Waals surface area contributed by atoms with Crippen LogP contribution in [-0.2, 0) is 19.1 Å². The van der Waals surface area contributed by atoms with Gasteiger partial charge in [-0.1, -0.05) is 18.2 Å². The Hall–Kier alpha value is -4.34. The molecular formula is C31H37ClF3N3O9. The minimum atomic E-state index is -5.08.